The van der Waals surface area contributed by atoms with E-state index in [0.717, 1.165) is 55.8 Å². The first-order valence-electron chi connectivity index (χ1n) is 11.3. The van der Waals surface area contributed by atoms with Gasteiger partial charge in [0.1, 0.15) is 11.6 Å². The van der Waals surface area contributed by atoms with Crippen LogP contribution in [0.2, 0.25) is 5.02 Å². The number of halogens is 2. The van der Waals surface area contributed by atoms with Crippen LogP contribution in [-0.2, 0) is 6.54 Å². The number of guanidine groups is 1. The third kappa shape index (κ3) is 6.60. The predicted octanol–water partition coefficient (Wildman–Crippen LogP) is 4.07. The van der Waals surface area contributed by atoms with E-state index in [-0.39, 0.29) is 24.0 Å². The van der Waals surface area contributed by atoms with Crippen LogP contribution in [0.25, 0.3) is 0 Å². The Kier molecular flexibility index (Phi) is 9.65. The molecule has 7 nitrogen and oxygen atoms in total. The maximum absolute atomic E-state index is 6.30. The van der Waals surface area contributed by atoms with Gasteiger partial charge < -0.3 is 20.4 Å². The molecule has 4 rings (SSSR count). The van der Waals surface area contributed by atoms with E-state index in [1.165, 1.54) is 25.7 Å². The summed E-state index contributed by atoms with van der Waals surface area (Å²) in [5, 5.41) is 7.63. The minimum atomic E-state index is 0. The lowest BCUT2D eigenvalue weighted by Gasteiger charge is -2.22. The second-order valence-electron chi connectivity index (χ2n) is 8.24. The quantitative estimate of drug-likeness (QED) is 0.322. The number of pyridine rings is 2. The van der Waals surface area contributed by atoms with Gasteiger partial charge in [-0.1, -0.05) is 30.5 Å². The summed E-state index contributed by atoms with van der Waals surface area (Å²) in [4.78, 5) is 18.1. The lowest BCUT2D eigenvalue weighted by atomic mass is 10.2. The van der Waals surface area contributed by atoms with Gasteiger partial charge in [0.05, 0.1) is 5.02 Å². The standard InChI is InChI=1S/C23H32ClN7.HI/c1-25-23(29-19-10-14-31(17-19)22-20(24)7-6-11-26-22)28-16-18-8-9-21(27-15-18)30-12-4-2-3-5-13-30;/h6-9,11,15,19H,2-5,10,12-14,16-17H2,1H3,(H2,25,28,29);1H. The van der Waals surface area contributed by atoms with Gasteiger partial charge in [0.15, 0.2) is 5.96 Å². The van der Waals surface area contributed by atoms with Gasteiger partial charge in [-0.05, 0) is 43.0 Å². The van der Waals surface area contributed by atoms with Crippen LogP contribution in [-0.4, -0.2) is 55.2 Å². The number of aromatic nitrogens is 2. The zero-order valence-corrected chi connectivity index (χ0v) is 21.7. The van der Waals surface area contributed by atoms with Crippen molar-refractivity contribution in [2.24, 2.45) is 4.99 Å². The largest absolute Gasteiger partial charge is 0.357 e. The van der Waals surface area contributed by atoms with Crippen LogP contribution in [0.4, 0.5) is 11.6 Å². The van der Waals surface area contributed by atoms with Crippen LogP contribution in [0.1, 0.15) is 37.7 Å². The fraction of sp³-hybridized carbons (Fsp3) is 0.522. The second-order valence-corrected chi connectivity index (χ2v) is 8.64. The average Bonchev–Trinajstić information content (AvgIpc) is 3.09. The summed E-state index contributed by atoms with van der Waals surface area (Å²) >= 11 is 6.30. The van der Waals surface area contributed by atoms with Crippen molar-refractivity contribution < 1.29 is 0 Å². The van der Waals surface area contributed by atoms with Crippen molar-refractivity contribution in [3.8, 4) is 0 Å². The number of anilines is 2. The van der Waals surface area contributed by atoms with Gasteiger partial charge in [-0.2, -0.15) is 0 Å². The minimum absolute atomic E-state index is 0. The summed E-state index contributed by atoms with van der Waals surface area (Å²) < 4.78 is 0. The van der Waals surface area contributed by atoms with Crippen molar-refractivity contribution in [1.29, 1.82) is 0 Å². The van der Waals surface area contributed by atoms with Crippen molar-refractivity contribution in [3.05, 3.63) is 47.2 Å². The first kappa shape index (κ1) is 24.8. The van der Waals surface area contributed by atoms with Gasteiger partial charge in [0, 0.05) is 58.2 Å². The fourth-order valence-electron chi connectivity index (χ4n) is 4.26. The van der Waals surface area contributed by atoms with Crippen molar-refractivity contribution in [2.75, 3.05) is 43.0 Å². The smallest absolute Gasteiger partial charge is 0.191 e. The van der Waals surface area contributed by atoms with E-state index in [4.69, 9.17) is 16.6 Å². The number of nitrogens with zero attached hydrogens (tertiary/aromatic N) is 5. The molecule has 0 radical (unpaired) electrons. The zero-order valence-electron chi connectivity index (χ0n) is 18.6. The van der Waals surface area contributed by atoms with Gasteiger partial charge in [-0.25, -0.2) is 9.97 Å². The van der Waals surface area contributed by atoms with Crippen LogP contribution in [0.5, 0.6) is 0 Å². The monoisotopic (exact) mass is 569 g/mol. The molecule has 0 amide bonds. The number of rotatable bonds is 5. The van der Waals surface area contributed by atoms with E-state index in [2.05, 4.69) is 42.5 Å². The lowest BCUT2D eigenvalue weighted by molar-refractivity contribution is 0.648. The Morgan fingerprint density at radius 1 is 1.09 bits per heavy atom. The molecule has 1 atom stereocenters. The minimum Gasteiger partial charge on any atom is -0.357 e. The van der Waals surface area contributed by atoms with Gasteiger partial charge >= 0.3 is 0 Å². The molecule has 0 bridgehead atoms. The molecule has 32 heavy (non-hydrogen) atoms. The fourth-order valence-corrected chi connectivity index (χ4v) is 4.50. The van der Waals surface area contributed by atoms with Crippen LogP contribution in [0.3, 0.4) is 0 Å². The Bertz CT molecular complexity index is 869. The molecule has 2 fully saturated rings. The summed E-state index contributed by atoms with van der Waals surface area (Å²) in [5.74, 6) is 2.75. The normalized spacial score (nSPS) is 19.3. The number of hydrogen-bond donors (Lipinski definition) is 2. The van der Waals surface area contributed by atoms with Crippen molar-refractivity contribution in [1.82, 2.24) is 20.6 Å². The average molecular weight is 570 g/mol. The molecule has 1 unspecified atom stereocenters. The highest BCUT2D eigenvalue weighted by Gasteiger charge is 2.25. The first-order valence-corrected chi connectivity index (χ1v) is 11.6. The van der Waals surface area contributed by atoms with Crippen LogP contribution in [0.15, 0.2) is 41.7 Å². The summed E-state index contributed by atoms with van der Waals surface area (Å²) in [6.45, 7) is 4.69. The summed E-state index contributed by atoms with van der Waals surface area (Å²) in [7, 11) is 1.80. The summed E-state index contributed by atoms with van der Waals surface area (Å²) in [6, 6.07) is 8.35. The Morgan fingerprint density at radius 3 is 2.59 bits per heavy atom. The van der Waals surface area contributed by atoms with E-state index in [9.17, 15) is 0 Å². The highest BCUT2D eigenvalue weighted by molar-refractivity contribution is 14.0. The molecule has 0 saturated carbocycles. The van der Waals surface area contributed by atoms with Gasteiger partial charge in [-0.3, -0.25) is 4.99 Å². The molecule has 2 aliphatic rings. The van der Waals surface area contributed by atoms with E-state index in [0.29, 0.717) is 17.6 Å². The number of hydrogen-bond acceptors (Lipinski definition) is 5. The van der Waals surface area contributed by atoms with Crippen molar-refractivity contribution in [2.45, 2.75) is 44.7 Å². The second kappa shape index (κ2) is 12.4. The van der Waals surface area contributed by atoms with Crippen LogP contribution in [0, 0.1) is 0 Å². The Morgan fingerprint density at radius 2 is 1.91 bits per heavy atom. The van der Waals surface area contributed by atoms with E-state index in [1.54, 1.807) is 13.2 Å². The molecular formula is C23H33ClIN7. The molecule has 0 aliphatic carbocycles. The summed E-state index contributed by atoms with van der Waals surface area (Å²) in [5.41, 5.74) is 1.15. The van der Waals surface area contributed by atoms with Crippen molar-refractivity contribution >= 4 is 53.2 Å². The maximum Gasteiger partial charge on any atom is 0.191 e. The molecule has 2 N–H and O–H groups in total. The molecule has 9 heteroatoms. The number of nitrogens with one attached hydrogen (secondary N) is 2. The topological polar surface area (TPSA) is 68.7 Å². The van der Waals surface area contributed by atoms with Gasteiger partial charge in [0.25, 0.3) is 0 Å². The molecular weight excluding hydrogens is 537 g/mol. The van der Waals surface area contributed by atoms with Crippen molar-refractivity contribution in [3.63, 3.8) is 0 Å². The Hall–Kier alpha value is -1.81. The predicted molar refractivity (Wildman–Crippen MR) is 144 cm³/mol. The van der Waals surface area contributed by atoms with Crippen LogP contribution < -0.4 is 20.4 Å². The molecule has 4 heterocycles. The van der Waals surface area contributed by atoms with E-state index in [1.807, 2.05) is 18.3 Å². The van der Waals surface area contributed by atoms with E-state index < -0.39 is 0 Å². The third-order valence-corrected chi connectivity index (χ3v) is 6.29. The number of aliphatic imine (C=N–C) groups is 1. The highest BCUT2D eigenvalue weighted by Crippen LogP contribution is 2.25. The zero-order chi connectivity index (χ0) is 21.5. The maximum atomic E-state index is 6.30. The molecule has 0 spiro atoms. The van der Waals surface area contributed by atoms with E-state index >= 15 is 0 Å². The molecule has 2 aliphatic heterocycles. The van der Waals surface area contributed by atoms with Gasteiger partial charge in [-0.15, -0.1) is 24.0 Å². The summed E-state index contributed by atoms with van der Waals surface area (Å²) in [6.07, 6.45) is 9.96. The molecule has 2 aromatic heterocycles. The molecule has 2 saturated heterocycles. The molecule has 0 aromatic carbocycles. The molecule has 2 aromatic rings. The Labute approximate surface area is 213 Å². The molecule has 174 valence electrons. The van der Waals surface area contributed by atoms with Gasteiger partial charge in [0.2, 0.25) is 0 Å². The first-order chi connectivity index (χ1) is 15.2. The van der Waals surface area contributed by atoms with Crippen LogP contribution >= 0.6 is 35.6 Å². The third-order valence-electron chi connectivity index (χ3n) is 5.99. The SMILES string of the molecule is CN=C(NCc1ccc(N2CCCCCC2)nc1)NC1CCN(c2ncccc2Cl)C1.I. The highest BCUT2D eigenvalue weighted by atomic mass is 127. The lowest BCUT2D eigenvalue weighted by Crippen LogP contribution is -2.44. The Balaban J connectivity index is 0.00000289.